The second kappa shape index (κ2) is 27.4. The second-order valence-electron chi connectivity index (χ2n) is 22.3. The van der Waals surface area contributed by atoms with Crippen LogP contribution in [0.15, 0.2) is 72.8 Å². The summed E-state index contributed by atoms with van der Waals surface area (Å²) in [4.78, 5) is 110. The van der Waals surface area contributed by atoms with E-state index in [1.807, 2.05) is 97.9 Å². The van der Waals surface area contributed by atoms with Gasteiger partial charge in [-0.2, -0.15) is 0 Å². The number of aryl methyl sites for hydroxylation is 1. The first kappa shape index (κ1) is 60.2. The van der Waals surface area contributed by atoms with Crippen LogP contribution in [0.1, 0.15) is 144 Å². The van der Waals surface area contributed by atoms with Crippen LogP contribution < -0.4 is 47.9 Å². The molecule has 9 atom stereocenters. The zero-order valence-corrected chi connectivity index (χ0v) is 46.6. The van der Waals surface area contributed by atoms with Crippen molar-refractivity contribution in [1.82, 2.24) is 52.8 Å². The normalized spacial score (nSPS) is 18.7. The fourth-order valence-corrected chi connectivity index (χ4v) is 9.27. The third-order valence-electron chi connectivity index (χ3n) is 14.8. The third kappa shape index (κ3) is 16.4. The molecule has 3 aromatic rings. The van der Waals surface area contributed by atoms with Crippen LogP contribution in [-0.4, -0.2) is 128 Å². The smallest absolute Gasteiger partial charge is 0.251 e. The maximum atomic E-state index is 14.6. The van der Waals surface area contributed by atoms with E-state index in [1.54, 1.807) is 52.2 Å². The van der Waals surface area contributed by atoms with E-state index in [1.165, 1.54) is 10.5 Å². The Morgan fingerprint density at radius 3 is 1.79 bits per heavy atom. The Labute approximate surface area is 449 Å². The minimum Gasteiger partial charge on any atom is -0.352 e. The lowest BCUT2D eigenvalue weighted by Gasteiger charge is -2.36. The number of likely N-dealkylation sites (tertiary alicyclic amines) is 1. The monoisotopic (exact) mass is 1050 g/mol. The van der Waals surface area contributed by atoms with E-state index in [-0.39, 0.29) is 79.4 Å². The number of hydrogen-bond donors (Lipinski definition) is 9. The highest BCUT2D eigenvalue weighted by molar-refractivity contribution is 5.97. The Morgan fingerprint density at radius 2 is 1.22 bits per heavy atom. The Morgan fingerprint density at radius 1 is 0.645 bits per heavy atom. The van der Waals surface area contributed by atoms with Crippen LogP contribution in [0.4, 0.5) is 0 Å². The van der Waals surface area contributed by atoms with Crippen molar-refractivity contribution >= 4 is 47.3 Å². The first-order valence-corrected chi connectivity index (χ1v) is 26.9. The van der Waals surface area contributed by atoms with Gasteiger partial charge >= 0.3 is 0 Å². The number of rotatable bonds is 23. The van der Waals surface area contributed by atoms with Crippen molar-refractivity contribution in [2.75, 3.05) is 27.2 Å². The van der Waals surface area contributed by atoms with Crippen molar-refractivity contribution in [3.8, 4) is 0 Å². The van der Waals surface area contributed by atoms with Gasteiger partial charge in [0.25, 0.3) is 11.8 Å². The van der Waals surface area contributed by atoms with Crippen LogP contribution in [0.2, 0.25) is 0 Å². The molecule has 1 fully saturated rings. The van der Waals surface area contributed by atoms with Crippen LogP contribution in [-0.2, 0) is 41.6 Å². The molecule has 1 heterocycles. The number of nitrogens with one attached hydrogen (secondary N) is 9. The molecule has 8 amide bonds. The standard InChI is InChI=1S/C58H84N10O8/c1-33(2)35(5)62-54(73)46(65-56(75)48(34(3)4)66-50(69)36(6)59-11)28-29-61-52(71)41-24-20-38(21-25-41)30-39-22-26-42(27-23-39)53(72)63-43-31-47(55(74)64-45-19-15-17-40-16-13-14-18-44(40)45)68(32-43)57(76)49(58(8,9)10)67-51(70)37(7)60-12/h13-14,16,18,20-27,33-37,43,45-49,59-60H,15,17,19,28-32H2,1-12H3,(H,61,71)(H,62,73)(H,63,72)(H,64,74)(H,65,75)(H,66,69)(H,67,70)/t35?,36-,37-,43-,45+,46-,47-,48-,49+/m0/s1. The summed E-state index contributed by atoms with van der Waals surface area (Å²) in [5.74, 6) is -3.11. The molecule has 18 heteroatoms. The minimum absolute atomic E-state index is 0.0750. The molecule has 0 bridgehead atoms. The summed E-state index contributed by atoms with van der Waals surface area (Å²) >= 11 is 0. The fourth-order valence-electron chi connectivity index (χ4n) is 9.27. The second-order valence-corrected chi connectivity index (χ2v) is 22.3. The van der Waals surface area contributed by atoms with Gasteiger partial charge in [-0.3, -0.25) is 38.4 Å². The van der Waals surface area contributed by atoms with E-state index < -0.39 is 65.4 Å². The number of amides is 8. The van der Waals surface area contributed by atoms with Gasteiger partial charge < -0.3 is 52.8 Å². The number of carbonyl (C=O) groups is 8. The highest BCUT2D eigenvalue weighted by Gasteiger charge is 2.46. The fraction of sp³-hybridized carbons (Fsp3) is 0.552. The lowest BCUT2D eigenvalue weighted by molar-refractivity contribution is -0.144. The molecule has 0 saturated carbocycles. The topological polar surface area (TPSA) is 248 Å². The molecule has 1 saturated heterocycles. The molecule has 1 aliphatic carbocycles. The van der Waals surface area contributed by atoms with E-state index in [0.29, 0.717) is 17.5 Å². The largest absolute Gasteiger partial charge is 0.352 e. The molecule has 3 aromatic carbocycles. The van der Waals surface area contributed by atoms with Crippen molar-refractivity contribution in [2.24, 2.45) is 17.3 Å². The number of benzene rings is 3. The molecule has 0 aromatic heterocycles. The Balaban J connectivity index is 1.21. The first-order chi connectivity index (χ1) is 35.9. The Hall–Kier alpha value is -6.66. The van der Waals surface area contributed by atoms with E-state index in [2.05, 4.69) is 53.9 Å². The molecule has 76 heavy (non-hydrogen) atoms. The van der Waals surface area contributed by atoms with Crippen molar-refractivity contribution in [1.29, 1.82) is 0 Å². The van der Waals surface area contributed by atoms with Crippen LogP contribution in [0.5, 0.6) is 0 Å². The Bertz CT molecular complexity index is 2510. The molecule has 18 nitrogen and oxygen atoms in total. The summed E-state index contributed by atoms with van der Waals surface area (Å²) in [5, 5.41) is 26.4. The quantitative estimate of drug-likeness (QED) is 0.0665. The lowest BCUT2D eigenvalue weighted by atomic mass is 9.85. The van der Waals surface area contributed by atoms with E-state index in [0.717, 1.165) is 36.0 Å². The molecule has 414 valence electrons. The molecule has 5 rings (SSSR count). The predicted octanol–water partition coefficient (Wildman–Crippen LogP) is 3.82. The van der Waals surface area contributed by atoms with Crippen LogP contribution in [0.25, 0.3) is 0 Å². The summed E-state index contributed by atoms with van der Waals surface area (Å²) in [5.41, 5.74) is 4.21. The average molecular weight is 1050 g/mol. The van der Waals surface area contributed by atoms with Gasteiger partial charge in [0.05, 0.1) is 18.1 Å². The zero-order chi connectivity index (χ0) is 56.0. The number of hydrogen-bond acceptors (Lipinski definition) is 10. The van der Waals surface area contributed by atoms with E-state index >= 15 is 0 Å². The summed E-state index contributed by atoms with van der Waals surface area (Å²) in [7, 11) is 3.31. The summed E-state index contributed by atoms with van der Waals surface area (Å²) < 4.78 is 0. The van der Waals surface area contributed by atoms with Gasteiger partial charge in [-0.05, 0) is 137 Å². The van der Waals surface area contributed by atoms with Crippen LogP contribution >= 0.6 is 0 Å². The van der Waals surface area contributed by atoms with Crippen molar-refractivity contribution in [3.05, 3.63) is 106 Å². The van der Waals surface area contributed by atoms with Crippen molar-refractivity contribution in [3.63, 3.8) is 0 Å². The summed E-state index contributed by atoms with van der Waals surface area (Å²) in [6.07, 6.45) is 3.41. The molecular weight excluding hydrogens is 965 g/mol. The van der Waals surface area contributed by atoms with Crippen LogP contribution in [0.3, 0.4) is 0 Å². The van der Waals surface area contributed by atoms with Gasteiger partial charge in [-0.1, -0.05) is 97.0 Å². The van der Waals surface area contributed by atoms with Gasteiger partial charge in [0.2, 0.25) is 35.4 Å². The van der Waals surface area contributed by atoms with Gasteiger partial charge in [0.1, 0.15) is 24.2 Å². The number of fused-ring (bicyclic) bond motifs is 1. The zero-order valence-electron chi connectivity index (χ0n) is 46.6. The maximum absolute atomic E-state index is 14.6. The average Bonchev–Trinajstić information content (AvgIpc) is 3.82. The highest BCUT2D eigenvalue weighted by atomic mass is 16.2. The van der Waals surface area contributed by atoms with Gasteiger partial charge in [-0.15, -0.1) is 0 Å². The molecule has 1 aliphatic heterocycles. The maximum Gasteiger partial charge on any atom is 0.251 e. The number of likely N-dealkylation sites (N-methyl/N-ethyl adjacent to an activating group) is 2. The van der Waals surface area contributed by atoms with Gasteiger partial charge in [0, 0.05) is 36.3 Å². The number of nitrogens with zero attached hydrogens (tertiary/aromatic N) is 1. The molecular formula is C58H84N10O8. The highest BCUT2D eigenvalue weighted by Crippen LogP contribution is 2.32. The van der Waals surface area contributed by atoms with Gasteiger partial charge in [-0.25, -0.2) is 0 Å². The van der Waals surface area contributed by atoms with E-state index in [4.69, 9.17) is 0 Å². The van der Waals surface area contributed by atoms with Crippen molar-refractivity contribution < 1.29 is 38.4 Å². The van der Waals surface area contributed by atoms with Crippen LogP contribution in [0, 0.1) is 17.3 Å². The molecule has 1 unspecified atom stereocenters. The Kier molecular flexibility index (Phi) is 21.7. The van der Waals surface area contributed by atoms with Crippen molar-refractivity contribution in [2.45, 2.75) is 162 Å². The molecule has 9 N–H and O–H groups in total. The molecule has 0 spiro atoms. The number of carbonyl (C=O) groups excluding carboxylic acids is 8. The molecule has 0 radical (unpaired) electrons. The first-order valence-electron chi connectivity index (χ1n) is 26.9. The van der Waals surface area contributed by atoms with E-state index in [9.17, 15) is 38.4 Å². The summed E-state index contributed by atoms with van der Waals surface area (Å²) in [6.45, 7) is 18.6. The summed E-state index contributed by atoms with van der Waals surface area (Å²) in [6, 6.07) is 16.6. The van der Waals surface area contributed by atoms with Gasteiger partial charge in [0.15, 0.2) is 0 Å². The lowest BCUT2D eigenvalue weighted by Crippen LogP contribution is -2.59. The molecule has 2 aliphatic rings. The minimum atomic E-state index is -0.978. The SMILES string of the molecule is CN[C@@H](C)C(=O)N[C@H](C(=O)N[C@@H](CCNC(=O)c1ccc(Cc2ccc(C(=O)N[C@H]3C[C@@H](C(=O)N[C@@H]4CCCc5ccccc54)N(C(=O)[C@@H](NC(=O)[C@H](C)NC)C(C)(C)C)C3)cc2)cc1)C(=O)NC(C)C(C)C)C(C)C. The third-order valence-corrected chi connectivity index (χ3v) is 14.8. The predicted molar refractivity (Wildman–Crippen MR) is 294 cm³/mol.